The second-order valence-corrected chi connectivity index (χ2v) is 5.09. The molecule has 4 heteroatoms. The molecule has 2 aromatic rings. The molecular formula is C13H16ClN3. The molecule has 0 bridgehead atoms. The van der Waals surface area contributed by atoms with Crippen LogP contribution in [0.1, 0.15) is 32.0 Å². The zero-order chi connectivity index (χ0) is 11.9. The molecular weight excluding hydrogens is 234 g/mol. The van der Waals surface area contributed by atoms with E-state index in [1.165, 1.54) is 6.42 Å². The first kappa shape index (κ1) is 11.1. The third-order valence-corrected chi connectivity index (χ3v) is 4.07. The summed E-state index contributed by atoms with van der Waals surface area (Å²) >= 11 is 6.16. The minimum Gasteiger partial charge on any atom is -0.340 e. The Kier molecular flexibility index (Phi) is 2.60. The van der Waals surface area contributed by atoms with E-state index >= 15 is 0 Å². The van der Waals surface area contributed by atoms with Gasteiger partial charge in [0.25, 0.3) is 0 Å². The zero-order valence-corrected chi connectivity index (χ0v) is 10.6. The van der Waals surface area contributed by atoms with Crippen LogP contribution in [0.5, 0.6) is 0 Å². The quantitative estimate of drug-likeness (QED) is 0.858. The van der Waals surface area contributed by atoms with Gasteiger partial charge in [-0.15, -0.1) is 0 Å². The smallest absolute Gasteiger partial charge is 0.127 e. The molecule has 1 aromatic carbocycles. The van der Waals surface area contributed by atoms with Crippen molar-refractivity contribution < 1.29 is 0 Å². The summed E-state index contributed by atoms with van der Waals surface area (Å²) in [6.07, 6.45) is 3.39. The van der Waals surface area contributed by atoms with E-state index in [-0.39, 0.29) is 5.54 Å². The summed E-state index contributed by atoms with van der Waals surface area (Å²) in [6, 6.07) is 5.86. The van der Waals surface area contributed by atoms with Crippen molar-refractivity contribution in [1.29, 1.82) is 0 Å². The molecule has 90 valence electrons. The fourth-order valence-electron chi connectivity index (χ4n) is 2.70. The molecule has 1 aromatic heterocycles. The standard InChI is InChI=1S/C13H16ClN3/c1-2-13(7-4-8-15-13)12-16-10-6-3-5-9(14)11(10)17-12/h3,5-6,15H,2,4,7-8H2,1H3,(H,16,17). The first-order chi connectivity index (χ1) is 8.25. The maximum Gasteiger partial charge on any atom is 0.127 e. The minimum atomic E-state index is 0.0162. The van der Waals surface area contributed by atoms with E-state index in [1.54, 1.807) is 0 Å². The fourth-order valence-corrected chi connectivity index (χ4v) is 2.92. The predicted octanol–water partition coefficient (Wildman–Crippen LogP) is 3.21. The Bertz CT molecular complexity index is 541. The molecule has 1 unspecified atom stereocenters. The van der Waals surface area contributed by atoms with E-state index in [1.807, 2.05) is 18.2 Å². The molecule has 1 aliphatic heterocycles. The summed E-state index contributed by atoms with van der Waals surface area (Å²) in [5.74, 6) is 1.03. The lowest BCUT2D eigenvalue weighted by Crippen LogP contribution is -2.37. The zero-order valence-electron chi connectivity index (χ0n) is 9.89. The molecule has 2 heterocycles. The predicted molar refractivity (Wildman–Crippen MR) is 70.3 cm³/mol. The number of hydrogen-bond acceptors (Lipinski definition) is 2. The van der Waals surface area contributed by atoms with Crippen molar-refractivity contribution in [3.05, 3.63) is 29.0 Å². The Morgan fingerprint density at radius 3 is 3.00 bits per heavy atom. The van der Waals surface area contributed by atoms with E-state index in [2.05, 4.69) is 22.2 Å². The van der Waals surface area contributed by atoms with E-state index < -0.39 is 0 Å². The van der Waals surface area contributed by atoms with Gasteiger partial charge in [-0.1, -0.05) is 24.6 Å². The largest absolute Gasteiger partial charge is 0.340 e. The van der Waals surface area contributed by atoms with Gasteiger partial charge in [-0.3, -0.25) is 0 Å². The van der Waals surface area contributed by atoms with E-state index in [9.17, 15) is 0 Å². The maximum absolute atomic E-state index is 6.16. The summed E-state index contributed by atoms with van der Waals surface area (Å²) in [7, 11) is 0. The van der Waals surface area contributed by atoms with E-state index in [0.717, 1.165) is 36.2 Å². The Balaban J connectivity index is 2.14. The lowest BCUT2D eigenvalue weighted by molar-refractivity contribution is 0.357. The summed E-state index contributed by atoms with van der Waals surface area (Å²) in [6.45, 7) is 3.27. The number of aromatic amines is 1. The first-order valence-electron chi connectivity index (χ1n) is 6.15. The summed E-state index contributed by atoms with van der Waals surface area (Å²) in [5.41, 5.74) is 1.92. The van der Waals surface area contributed by atoms with Crippen molar-refractivity contribution in [2.75, 3.05) is 6.54 Å². The SMILES string of the molecule is CCC1(c2nc3c(Cl)cccc3[nH]2)CCCN1. The molecule has 17 heavy (non-hydrogen) atoms. The third-order valence-electron chi connectivity index (χ3n) is 3.76. The lowest BCUT2D eigenvalue weighted by Gasteiger charge is -2.25. The van der Waals surface area contributed by atoms with Gasteiger partial charge in [-0.05, 0) is 37.9 Å². The third kappa shape index (κ3) is 1.65. The van der Waals surface area contributed by atoms with Crippen molar-refractivity contribution in [2.24, 2.45) is 0 Å². The topological polar surface area (TPSA) is 40.7 Å². The molecule has 0 spiro atoms. The monoisotopic (exact) mass is 249 g/mol. The van der Waals surface area contributed by atoms with Crippen molar-refractivity contribution in [3.8, 4) is 0 Å². The Morgan fingerprint density at radius 2 is 2.35 bits per heavy atom. The van der Waals surface area contributed by atoms with Gasteiger partial charge in [0.1, 0.15) is 11.3 Å². The van der Waals surface area contributed by atoms with Crippen LogP contribution in [0.25, 0.3) is 11.0 Å². The average molecular weight is 250 g/mol. The summed E-state index contributed by atoms with van der Waals surface area (Å²) in [4.78, 5) is 8.10. The fraction of sp³-hybridized carbons (Fsp3) is 0.462. The van der Waals surface area contributed by atoms with Gasteiger partial charge in [-0.2, -0.15) is 0 Å². The van der Waals surface area contributed by atoms with Gasteiger partial charge in [0.15, 0.2) is 0 Å². The van der Waals surface area contributed by atoms with Crippen LogP contribution in [0.3, 0.4) is 0 Å². The van der Waals surface area contributed by atoms with E-state index in [4.69, 9.17) is 11.6 Å². The van der Waals surface area contributed by atoms with E-state index in [0.29, 0.717) is 5.02 Å². The van der Waals surface area contributed by atoms with Crippen LogP contribution in [-0.2, 0) is 5.54 Å². The highest BCUT2D eigenvalue weighted by molar-refractivity contribution is 6.34. The molecule has 1 fully saturated rings. The van der Waals surface area contributed by atoms with Gasteiger partial charge in [-0.25, -0.2) is 4.98 Å². The molecule has 1 aliphatic rings. The second-order valence-electron chi connectivity index (χ2n) is 4.69. The number of nitrogens with zero attached hydrogens (tertiary/aromatic N) is 1. The van der Waals surface area contributed by atoms with Crippen LogP contribution in [0.15, 0.2) is 18.2 Å². The van der Waals surface area contributed by atoms with Gasteiger partial charge in [0.05, 0.1) is 16.1 Å². The van der Waals surface area contributed by atoms with Crippen LogP contribution >= 0.6 is 11.6 Å². The molecule has 3 rings (SSSR count). The first-order valence-corrected chi connectivity index (χ1v) is 6.53. The molecule has 0 saturated carbocycles. The number of benzene rings is 1. The van der Waals surface area contributed by atoms with Gasteiger partial charge in [0, 0.05) is 0 Å². The number of halogens is 1. The number of nitrogens with one attached hydrogen (secondary N) is 2. The van der Waals surface area contributed by atoms with Crippen molar-refractivity contribution in [1.82, 2.24) is 15.3 Å². The molecule has 3 nitrogen and oxygen atoms in total. The number of hydrogen-bond donors (Lipinski definition) is 2. The summed E-state index contributed by atoms with van der Waals surface area (Å²) in [5, 5.41) is 4.30. The Labute approximate surface area is 106 Å². The normalized spacial score (nSPS) is 24.6. The molecule has 2 N–H and O–H groups in total. The number of fused-ring (bicyclic) bond motifs is 1. The number of rotatable bonds is 2. The second kappa shape index (κ2) is 4.00. The van der Waals surface area contributed by atoms with Crippen LogP contribution in [-0.4, -0.2) is 16.5 Å². The average Bonchev–Trinajstić information content (AvgIpc) is 2.96. The highest BCUT2D eigenvalue weighted by atomic mass is 35.5. The molecule has 0 radical (unpaired) electrons. The van der Waals surface area contributed by atoms with Gasteiger partial charge >= 0.3 is 0 Å². The highest BCUT2D eigenvalue weighted by Gasteiger charge is 2.36. The maximum atomic E-state index is 6.16. The minimum absolute atomic E-state index is 0.0162. The van der Waals surface area contributed by atoms with Crippen molar-refractivity contribution >= 4 is 22.6 Å². The van der Waals surface area contributed by atoms with Crippen molar-refractivity contribution in [3.63, 3.8) is 0 Å². The number of aromatic nitrogens is 2. The van der Waals surface area contributed by atoms with Crippen LogP contribution in [0.2, 0.25) is 5.02 Å². The molecule has 0 aliphatic carbocycles. The number of H-pyrrole nitrogens is 1. The van der Waals surface area contributed by atoms with Crippen LogP contribution < -0.4 is 5.32 Å². The molecule has 1 atom stereocenters. The van der Waals surface area contributed by atoms with Crippen LogP contribution in [0.4, 0.5) is 0 Å². The molecule has 0 amide bonds. The van der Waals surface area contributed by atoms with Crippen molar-refractivity contribution in [2.45, 2.75) is 31.7 Å². The van der Waals surface area contributed by atoms with Crippen LogP contribution in [0, 0.1) is 0 Å². The number of para-hydroxylation sites is 1. The Morgan fingerprint density at radius 1 is 1.47 bits per heavy atom. The summed E-state index contributed by atoms with van der Waals surface area (Å²) < 4.78 is 0. The van der Waals surface area contributed by atoms with Gasteiger partial charge < -0.3 is 10.3 Å². The van der Waals surface area contributed by atoms with Gasteiger partial charge in [0.2, 0.25) is 0 Å². The number of imidazole rings is 1. The Hall–Kier alpha value is -1.06. The lowest BCUT2D eigenvalue weighted by atomic mass is 9.93. The molecule has 1 saturated heterocycles. The highest BCUT2D eigenvalue weighted by Crippen LogP contribution is 2.34.